The van der Waals surface area contributed by atoms with Crippen LogP contribution in [0, 0.1) is 0 Å². The molecule has 126 valence electrons. The maximum Gasteiger partial charge on any atom is 0.0731 e. The van der Waals surface area contributed by atoms with Gasteiger partial charge in [0, 0.05) is 41.8 Å². The van der Waals surface area contributed by atoms with Crippen LogP contribution in [0.2, 0.25) is 0 Å². The molecular formula is C24H20N2. The molecule has 0 amide bonds. The van der Waals surface area contributed by atoms with E-state index in [4.69, 9.17) is 4.99 Å². The number of rotatable bonds is 3. The smallest absolute Gasteiger partial charge is 0.0731 e. The van der Waals surface area contributed by atoms with E-state index in [1.807, 2.05) is 0 Å². The summed E-state index contributed by atoms with van der Waals surface area (Å²) in [5, 5.41) is 1.34. The zero-order chi connectivity index (χ0) is 17.5. The fourth-order valence-electron chi connectivity index (χ4n) is 4.08. The summed E-state index contributed by atoms with van der Waals surface area (Å²) < 4.78 is 2.21. The summed E-state index contributed by atoms with van der Waals surface area (Å²) in [5.74, 6) is 0. The van der Waals surface area contributed by atoms with Crippen LogP contribution < -0.4 is 0 Å². The Labute approximate surface area is 153 Å². The fourth-order valence-corrected chi connectivity index (χ4v) is 4.08. The van der Waals surface area contributed by atoms with Gasteiger partial charge < -0.3 is 4.57 Å². The highest BCUT2D eigenvalue weighted by Gasteiger charge is 2.23. The van der Waals surface area contributed by atoms with Gasteiger partial charge in [-0.15, -0.1) is 0 Å². The van der Waals surface area contributed by atoms with Gasteiger partial charge in [-0.3, -0.25) is 4.99 Å². The standard InChI is InChI=1S/C24H20N2/c1-26-16-17(18-8-6-7-13-23(18)26)14-15-25-24-21-11-4-2-9-19(21)20-10-3-5-12-22(20)24/h2-13,16H,14-15H2,1H3. The Morgan fingerprint density at radius 3 is 2.00 bits per heavy atom. The van der Waals surface area contributed by atoms with E-state index >= 15 is 0 Å². The van der Waals surface area contributed by atoms with Gasteiger partial charge in [-0.2, -0.15) is 0 Å². The van der Waals surface area contributed by atoms with E-state index in [2.05, 4.69) is 90.6 Å². The van der Waals surface area contributed by atoms with Crippen molar-refractivity contribution in [2.45, 2.75) is 6.42 Å². The minimum atomic E-state index is 0.798. The Hall–Kier alpha value is -3.13. The van der Waals surface area contributed by atoms with Crippen LogP contribution in [-0.4, -0.2) is 16.8 Å². The van der Waals surface area contributed by atoms with Gasteiger partial charge in [0.2, 0.25) is 0 Å². The molecule has 1 aliphatic rings. The number of hydrogen-bond acceptors (Lipinski definition) is 1. The van der Waals surface area contributed by atoms with Crippen molar-refractivity contribution < 1.29 is 0 Å². The van der Waals surface area contributed by atoms with Crippen LogP contribution in [0.25, 0.3) is 22.0 Å². The first-order valence-corrected chi connectivity index (χ1v) is 9.09. The highest BCUT2D eigenvalue weighted by molar-refractivity contribution is 6.24. The molecule has 0 atom stereocenters. The zero-order valence-electron chi connectivity index (χ0n) is 14.8. The molecule has 2 nitrogen and oxygen atoms in total. The highest BCUT2D eigenvalue weighted by Crippen LogP contribution is 2.36. The Bertz CT molecular complexity index is 1100. The third-order valence-corrected chi connectivity index (χ3v) is 5.29. The molecule has 0 unspecified atom stereocenters. The number of hydrogen-bond donors (Lipinski definition) is 0. The number of fused-ring (bicyclic) bond motifs is 4. The number of benzene rings is 3. The number of aliphatic imine (C=N–C) groups is 1. The molecule has 0 aliphatic heterocycles. The molecule has 0 radical (unpaired) electrons. The number of aromatic nitrogens is 1. The lowest BCUT2D eigenvalue weighted by molar-refractivity contribution is 0.929. The first-order chi connectivity index (χ1) is 12.8. The van der Waals surface area contributed by atoms with Gasteiger partial charge in [-0.1, -0.05) is 66.7 Å². The Kier molecular flexibility index (Phi) is 3.49. The molecule has 5 rings (SSSR count). The molecule has 0 spiro atoms. The van der Waals surface area contributed by atoms with Crippen LogP contribution in [-0.2, 0) is 13.5 Å². The molecule has 2 heteroatoms. The van der Waals surface area contributed by atoms with Crippen LogP contribution >= 0.6 is 0 Å². The molecule has 1 aromatic heterocycles. The molecule has 3 aromatic carbocycles. The van der Waals surface area contributed by atoms with Crippen molar-refractivity contribution in [1.82, 2.24) is 4.57 Å². The predicted octanol–water partition coefficient (Wildman–Crippen LogP) is 5.24. The second-order valence-electron chi connectivity index (χ2n) is 6.85. The van der Waals surface area contributed by atoms with Crippen molar-refractivity contribution in [3.05, 3.63) is 95.7 Å². The zero-order valence-corrected chi connectivity index (χ0v) is 14.8. The third-order valence-electron chi connectivity index (χ3n) is 5.29. The van der Waals surface area contributed by atoms with Crippen LogP contribution in [0.1, 0.15) is 16.7 Å². The minimum Gasteiger partial charge on any atom is -0.350 e. The molecule has 1 aliphatic carbocycles. The highest BCUT2D eigenvalue weighted by atomic mass is 14.9. The van der Waals surface area contributed by atoms with Crippen LogP contribution in [0.3, 0.4) is 0 Å². The summed E-state index contributed by atoms with van der Waals surface area (Å²) in [6.07, 6.45) is 3.19. The molecule has 0 fully saturated rings. The Morgan fingerprint density at radius 1 is 0.731 bits per heavy atom. The van der Waals surface area contributed by atoms with Gasteiger partial charge in [-0.05, 0) is 29.2 Å². The second kappa shape index (κ2) is 5.99. The van der Waals surface area contributed by atoms with E-state index in [1.165, 1.54) is 38.7 Å². The first kappa shape index (κ1) is 15.2. The molecule has 4 aromatic rings. The van der Waals surface area contributed by atoms with Crippen LogP contribution in [0.15, 0.2) is 84.0 Å². The van der Waals surface area contributed by atoms with Gasteiger partial charge in [0.05, 0.1) is 5.71 Å². The average molecular weight is 336 g/mol. The van der Waals surface area contributed by atoms with Crippen molar-refractivity contribution in [3.63, 3.8) is 0 Å². The van der Waals surface area contributed by atoms with Gasteiger partial charge in [0.1, 0.15) is 0 Å². The Balaban J connectivity index is 1.50. The molecule has 0 saturated heterocycles. The summed E-state index contributed by atoms with van der Waals surface area (Å²) >= 11 is 0. The third kappa shape index (κ3) is 2.30. The van der Waals surface area contributed by atoms with E-state index in [-0.39, 0.29) is 0 Å². The van der Waals surface area contributed by atoms with E-state index < -0.39 is 0 Å². The van der Waals surface area contributed by atoms with E-state index in [0.29, 0.717) is 0 Å². The van der Waals surface area contributed by atoms with Gasteiger partial charge in [0.15, 0.2) is 0 Å². The van der Waals surface area contributed by atoms with Gasteiger partial charge >= 0.3 is 0 Å². The summed E-state index contributed by atoms with van der Waals surface area (Å²) in [7, 11) is 2.11. The SMILES string of the molecule is Cn1cc(CCN=C2c3ccccc3-c3ccccc32)c2ccccc21. The number of para-hydroxylation sites is 1. The molecular weight excluding hydrogens is 316 g/mol. The van der Waals surface area contributed by atoms with Crippen LogP contribution in [0.4, 0.5) is 0 Å². The molecule has 0 saturated carbocycles. The van der Waals surface area contributed by atoms with Gasteiger partial charge in [-0.25, -0.2) is 0 Å². The topological polar surface area (TPSA) is 17.3 Å². The number of nitrogens with zero attached hydrogens (tertiary/aromatic N) is 2. The summed E-state index contributed by atoms with van der Waals surface area (Å²) in [4.78, 5) is 5.02. The average Bonchev–Trinajstić information content (AvgIpc) is 3.18. The first-order valence-electron chi connectivity index (χ1n) is 9.09. The molecule has 1 heterocycles. The van der Waals surface area contributed by atoms with E-state index in [9.17, 15) is 0 Å². The molecule has 26 heavy (non-hydrogen) atoms. The predicted molar refractivity (Wildman–Crippen MR) is 109 cm³/mol. The fraction of sp³-hybridized carbons (Fsp3) is 0.125. The maximum absolute atomic E-state index is 5.02. The van der Waals surface area contributed by atoms with E-state index in [0.717, 1.165) is 18.7 Å². The van der Waals surface area contributed by atoms with Crippen LogP contribution in [0.5, 0.6) is 0 Å². The molecule has 0 N–H and O–H groups in total. The lowest BCUT2D eigenvalue weighted by atomic mass is 10.1. The Morgan fingerprint density at radius 2 is 1.31 bits per heavy atom. The van der Waals surface area contributed by atoms with Gasteiger partial charge in [0.25, 0.3) is 0 Å². The van der Waals surface area contributed by atoms with Crippen molar-refractivity contribution in [1.29, 1.82) is 0 Å². The van der Waals surface area contributed by atoms with Crippen molar-refractivity contribution >= 4 is 16.6 Å². The van der Waals surface area contributed by atoms with Crippen molar-refractivity contribution in [2.24, 2.45) is 12.0 Å². The van der Waals surface area contributed by atoms with Crippen molar-refractivity contribution in [3.8, 4) is 11.1 Å². The summed E-state index contributed by atoms with van der Waals surface area (Å²) in [6, 6.07) is 25.8. The normalized spacial score (nSPS) is 12.3. The summed E-state index contributed by atoms with van der Waals surface area (Å²) in [6.45, 7) is 0.798. The summed E-state index contributed by atoms with van der Waals surface area (Å²) in [5.41, 5.74) is 8.90. The lowest BCUT2D eigenvalue weighted by Crippen LogP contribution is -2.01. The molecule has 0 bridgehead atoms. The van der Waals surface area contributed by atoms with Crippen molar-refractivity contribution in [2.75, 3.05) is 6.54 Å². The maximum atomic E-state index is 5.02. The monoisotopic (exact) mass is 336 g/mol. The number of aryl methyl sites for hydroxylation is 1. The second-order valence-corrected chi connectivity index (χ2v) is 6.85. The largest absolute Gasteiger partial charge is 0.350 e. The van der Waals surface area contributed by atoms with E-state index in [1.54, 1.807) is 0 Å². The quantitative estimate of drug-likeness (QED) is 0.429. The minimum absolute atomic E-state index is 0.798. The lowest BCUT2D eigenvalue weighted by Gasteiger charge is -2.02.